The summed E-state index contributed by atoms with van der Waals surface area (Å²) in [6.45, 7) is 3.67. The number of hydrogen-bond acceptors (Lipinski definition) is 5. The third-order valence-corrected chi connectivity index (χ3v) is 6.92. The van der Waals surface area contributed by atoms with Crippen molar-refractivity contribution in [3.8, 4) is 5.75 Å². The van der Waals surface area contributed by atoms with E-state index in [1.54, 1.807) is 43.3 Å². The van der Waals surface area contributed by atoms with Crippen molar-refractivity contribution in [2.45, 2.75) is 19.9 Å². The van der Waals surface area contributed by atoms with Crippen LogP contribution in [-0.4, -0.2) is 28.7 Å². The second-order valence-corrected chi connectivity index (χ2v) is 9.97. The predicted octanol–water partition coefficient (Wildman–Crippen LogP) is 6.28. The van der Waals surface area contributed by atoms with Crippen molar-refractivity contribution in [1.29, 1.82) is 0 Å². The number of rotatable bonds is 6. The van der Waals surface area contributed by atoms with Crippen LogP contribution in [0, 0.1) is 12.7 Å². The zero-order chi connectivity index (χ0) is 27.7. The number of carbonyl (C=O) groups excluding carboxylic acids is 2. The largest absolute Gasteiger partial charge is 0.495 e. The normalized spacial score (nSPS) is 14.3. The number of fused-ring (bicyclic) bond motifs is 1. The topological polar surface area (TPSA) is 97.3 Å². The first-order valence-corrected chi connectivity index (χ1v) is 12.9. The van der Waals surface area contributed by atoms with Crippen molar-refractivity contribution >= 4 is 44.9 Å². The van der Waals surface area contributed by atoms with Gasteiger partial charge in [0.1, 0.15) is 29.0 Å². The van der Waals surface area contributed by atoms with E-state index in [2.05, 4.69) is 37.0 Å². The summed E-state index contributed by atoms with van der Waals surface area (Å²) >= 11 is 3.41. The van der Waals surface area contributed by atoms with Gasteiger partial charge in [-0.1, -0.05) is 45.8 Å². The lowest BCUT2D eigenvalue weighted by Gasteiger charge is -2.30. The summed E-state index contributed by atoms with van der Waals surface area (Å²) in [5.41, 5.74) is 3.30. The number of benzene rings is 3. The van der Waals surface area contributed by atoms with Gasteiger partial charge < -0.3 is 20.7 Å². The standard InChI is InChI=1S/C29H25BrFN5O3/c1-16-8-11-19(12-9-16)34-28(37)21-15-32-36-26(20-14-18(30)10-13-22(20)31)25(17(2)33-27(21)36)29(38)35-23-6-4-5-7-24(23)39-3/h4-15,26,33H,1-3H3,(H,34,37)(H,35,38)/t26-/m1/s1. The number of nitrogens with zero attached hydrogens (tertiary/aromatic N) is 2. The summed E-state index contributed by atoms with van der Waals surface area (Å²) in [5, 5.41) is 13.3. The van der Waals surface area contributed by atoms with Crippen LogP contribution < -0.4 is 20.7 Å². The zero-order valence-electron chi connectivity index (χ0n) is 21.4. The highest BCUT2D eigenvalue weighted by atomic mass is 79.9. The van der Waals surface area contributed by atoms with Crippen molar-refractivity contribution in [1.82, 2.24) is 9.78 Å². The van der Waals surface area contributed by atoms with Crippen molar-refractivity contribution < 1.29 is 18.7 Å². The van der Waals surface area contributed by atoms with E-state index >= 15 is 4.39 Å². The molecule has 1 atom stereocenters. The number of anilines is 3. The van der Waals surface area contributed by atoms with Gasteiger partial charge in [-0.2, -0.15) is 5.10 Å². The number of methoxy groups -OCH3 is 1. The Morgan fingerprint density at radius 3 is 2.51 bits per heavy atom. The molecule has 1 aliphatic rings. The number of hydrogen-bond donors (Lipinski definition) is 3. The lowest BCUT2D eigenvalue weighted by Crippen LogP contribution is -2.32. The number of aryl methyl sites for hydroxylation is 1. The zero-order valence-corrected chi connectivity index (χ0v) is 23.0. The highest BCUT2D eigenvalue weighted by Gasteiger charge is 2.37. The second-order valence-electron chi connectivity index (χ2n) is 9.06. The van der Waals surface area contributed by atoms with E-state index in [1.165, 1.54) is 24.1 Å². The third kappa shape index (κ3) is 5.15. The Morgan fingerprint density at radius 1 is 1.03 bits per heavy atom. The van der Waals surface area contributed by atoms with Gasteiger partial charge in [-0.25, -0.2) is 9.07 Å². The van der Waals surface area contributed by atoms with E-state index < -0.39 is 23.7 Å². The highest BCUT2D eigenvalue weighted by Crippen LogP contribution is 2.40. The van der Waals surface area contributed by atoms with Crippen molar-refractivity contribution in [2.75, 3.05) is 23.1 Å². The number of carbonyl (C=O) groups is 2. The summed E-state index contributed by atoms with van der Waals surface area (Å²) in [5.74, 6) is -0.563. The summed E-state index contributed by atoms with van der Waals surface area (Å²) in [7, 11) is 1.51. The monoisotopic (exact) mass is 589 g/mol. The van der Waals surface area contributed by atoms with Gasteiger partial charge >= 0.3 is 0 Å². The average molecular weight is 590 g/mol. The molecular formula is C29H25BrFN5O3. The number of ether oxygens (including phenoxy) is 1. The minimum absolute atomic E-state index is 0.213. The van der Waals surface area contributed by atoms with Crippen LogP contribution in [0.3, 0.4) is 0 Å². The van der Waals surface area contributed by atoms with Crippen molar-refractivity contribution in [3.05, 3.63) is 111 Å². The molecule has 1 aliphatic heterocycles. The van der Waals surface area contributed by atoms with Crippen LogP contribution in [-0.2, 0) is 4.79 Å². The number of aromatic nitrogens is 2. The fourth-order valence-corrected chi connectivity index (χ4v) is 4.88. The van der Waals surface area contributed by atoms with Crippen LogP contribution in [0.5, 0.6) is 5.75 Å². The summed E-state index contributed by atoms with van der Waals surface area (Å²) in [4.78, 5) is 27.0. The van der Waals surface area contributed by atoms with E-state index in [4.69, 9.17) is 4.74 Å². The summed E-state index contributed by atoms with van der Waals surface area (Å²) < 4.78 is 22.8. The second kappa shape index (κ2) is 10.7. The molecule has 0 fully saturated rings. The average Bonchev–Trinajstić information content (AvgIpc) is 3.34. The number of halogens is 2. The molecule has 0 spiro atoms. The van der Waals surface area contributed by atoms with E-state index in [0.717, 1.165) is 5.56 Å². The van der Waals surface area contributed by atoms with Gasteiger partial charge in [0.05, 0.1) is 24.6 Å². The first-order valence-electron chi connectivity index (χ1n) is 12.1. The Hall–Kier alpha value is -4.44. The van der Waals surface area contributed by atoms with Gasteiger partial charge in [-0.05, 0) is 56.3 Å². The third-order valence-electron chi connectivity index (χ3n) is 6.43. The fraction of sp³-hybridized carbons (Fsp3) is 0.138. The van der Waals surface area contributed by atoms with Gasteiger partial charge in [-0.3, -0.25) is 9.59 Å². The highest BCUT2D eigenvalue weighted by molar-refractivity contribution is 9.10. The molecule has 0 bridgehead atoms. The molecule has 0 radical (unpaired) electrons. The molecule has 1 aromatic heterocycles. The lowest BCUT2D eigenvalue weighted by atomic mass is 9.94. The maximum atomic E-state index is 15.3. The Bertz CT molecular complexity index is 1610. The van der Waals surface area contributed by atoms with Crippen LogP contribution in [0.2, 0.25) is 0 Å². The summed E-state index contributed by atoms with van der Waals surface area (Å²) in [6, 6.07) is 18.0. The van der Waals surface area contributed by atoms with Crippen LogP contribution in [0.1, 0.15) is 34.5 Å². The van der Waals surface area contributed by atoms with E-state index in [0.29, 0.717) is 33.1 Å². The van der Waals surface area contributed by atoms with Gasteiger partial charge in [0.15, 0.2) is 0 Å². The molecule has 198 valence electrons. The smallest absolute Gasteiger partial charge is 0.261 e. The van der Waals surface area contributed by atoms with Gasteiger partial charge in [-0.15, -0.1) is 0 Å². The Balaban J connectivity index is 1.57. The van der Waals surface area contributed by atoms with Crippen LogP contribution in [0.15, 0.2) is 88.7 Å². The number of allylic oxidation sites excluding steroid dienone is 1. The molecule has 0 saturated heterocycles. The first kappa shape index (κ1) is 26.2. The van der Waals surface area contributed by atoms with E-state index in [9.17, 15) is 9.59 Å². The van der Waals surface area contributed by atoms with Gasteiger partial charge in [0, 0.05) is 21.4 Å². The molecule has 10 heteroatoms. The molecular weight excluding hydrogens is 565 g/mol. The molecule has 0 unspecified atom stereocenters. The SMILES string of the molecule is COc1ccccc1NC(=O)C1=C(C)Nc2c(C(=O)Nc3ccc(C)cc3)cnn2[C@@H]1c1cc(Br)ccc1F. The number of nitrogens with one attached hydrogen (secondary N) is 3. The molecule has 39 heavy (non-hydrogen) atoms. The van der Waals surface area contributed by atoms with Crippen LogP contribution in [0.25, 0.3) is 0 Å². The Morgan fingerprint density at radius 2 is 1.77 bits per heavy atom. The molecule has 3 aromatic carbocycles. The molecule has 2 amide bonds. The Labute approximate surface area is 233 Å². The molecule has 8 nitrogen and oxygen atoms in total. The van der Waals surface area contributed by atoms with Crippen LogP contribution >= 0.6 is 15.9 Å². The molecule has 0 aliphatic carbocycles. The molecule has 3 N–H and O–H groups in total. The minimum atomic E-state index is -0.964. The Kier molecular flexibility index (Phi) is 7.21. The van der Waals surface area contributed by atoms with E-state index in [1.807, 2.05) is 31.2 Å². The van der Waals surface area contributed by atoms with Crippen molar-refractivity contribution in [2.24, 2.45) is 0 Å². The van der Waals surface area contributed by atoms with Crippen molar-refractivity contribution in [3.63, 3.8) is 0 Å². The quantitative estimate of drug-likeness (QED) is 0.246. The molecule has 0 saturated carbocycles. The maximum absolute atomic E-state index is 15.3. The fourth-order valence-electron chi connectivity index (χ4n) is 4.50. The lowest BCUT2D eigenvalue weighted by molar-refractivity contribution is -0.113. The number of amides is 2. The van der Waals surface area contributed by atoms with Gasteiger partial charge in [0.25, 0.3) is 11.8 Å². The minimum Gasteiger partial charge on any atom is -0.495 e. The number of para-hydroxylation sites is 2. The molecule has 5 rings (SSSR count). The summed E-state index contributed by atoms with van der Waals surface area (Å²) in [6.07, 6.45) is 1.41. The van der Waals surface area contributed by atoms with Crippen LogP contribution in [0.4, 0.5) is 21.6 Å². The molecule has 2 heterocycles. The predicted molar refractivity (Wildman–Crippen MR) is 152 cm³/mol. The maximum Gasteiger partial charge on any atom is 0.261 e. The molecule has 4 aromatic rings. The van der Waals surface area contributed by atoms with Gasteiger partial charge in [0.2, 0.25) is 0 Å². The van der Waals surface area contributed by atoms with E-state index in [-0.39, 0.29) is 16.7 Å². The first-order chi connectivity index (χ1) is 18.8.